The number of pyridine rings is 1. The standard InChI is InChI=1S/C29H31FN4O2/c1-36-15-14-34-19-25(28-23(5-2-6-27(28)34)22-4-3-11-32-18-22)29(35)33-12-9-21(10-13-33)24-16-20(17-31)7-8-26(24)30/h2-8,11,16,18-19,21H,9-10,12-15,17,31H2,1H3. The molecule has 1 fully saturated rings. The molecular formula is C29H31FN4O2. The van der Waals surface area contributed by atoms with Crippen molar-refractivity contribution >= 4 is 16.8 Å². The van der Waals surface area contributed by atoms with Crippen LogP contribution in [0.3, 0.4) is 0 Å². The smallest absolute Gasteiger partial charge is 0.256 e. The normalized spacial score (nSPS) is 14.5. The average Bonchev–Trinajstić information content (AvgIpc) is 3.31. The lowest BCUT2D eigenvalue weighted by molar-refractivity contribution is 0.0714. The number of benzene rings is 2. The van der Waals surface area contributed by atoms with Crippen molar-refractivity contribution in [3.05, 3.63) is 89.6 Å². The highest BCUT2D eigenvalue weighted by molar-refractivity contribution is 6.12. The fraction of sp³-hybridized carbons (Fsp3) is 0.310. The van der Waals surface area contributed by atoms with E-state index in [9.17, 15) is 9.18 Å². The van der Waals surface area contributed by atoms with E-state index in [0.717, 1.165) is 27.6 Å². The summed E-state index contributed by atoms with van der Waals surface area (Å²) >= 11 is 0. The van der Waals surface area contributed by atoms with Gasteiger partial charge in [-0.3, -0.25) is 9.78 Å². The fourth-order valence-corrected chi connectivity index (χ4v) is 5.25. The van der Waals surface area contributed by atoms with Crippen LogP contribution < -0.4 is 5.73 Å². The van der Waals surface area contributed by atoms with Crippen LogP contribution in [-0.2, 0) is 17.8 Å². The number of nitrogens with zero attached hydrogens (tertiary/aromatic N) is 3. The Labute approximate surface area is 210 Å². The lowest BCUT2D eigenvalue weighted by atomic mass is 9.88. The summed E-state index contributed by atoms with van der Waals surface area (Å²) in [7, 11) is 1.68. The van der Waals surface area contributed by atoms with Gasteiger partial charge >= 0.3 is 0 Å². The zero-order valence-corrected chi connectivity index (χ0v) is 20.5. The Morgan fingerprint density at radius 2 is 2.00 bits per heavy atom. The third-order valence-corrected chi connectivity index (χ3v) is 7.16. The van der Waals surface area contributed by atoms with Crippen molar-refractivity contribution in [1.29, 1.82) is 0 Å². The second-order valence-corrected chi connectivity index (χ2v) is 9.30. The minimum atomic E-state index is -0.195. The maximum absolute atomic E-state index is 14.6. The summed E-state index contributed by atoms with van der Waals surface area (Å²) < 4.78 is 22.0. The van der Waals surface area contributed by atoms with E-state index in [1.807, 2.05) is 53.7 Å². The van der Waals surface area contributed by atoms with Crippen LogP contribution in [0, 0.1) is 5.82 Å². The Bertz CT molecular complexity index is 1360. The summed E-state index contributed by atoms with van der Waals surface area (Å²) in [6, 6.07) is 15.1. The number of carbonyl (C=O) groups is 1. The molecule has 0 aliphatic carbocycles. The van der Waals surface area contributed by atoms with E-state index in [0.29, 0.717) is 56.8 Å². The second-order valence-electron chi connectivity index (χ2n) is 9.30. The van der Waals surface area contributed by atoms with Gasteiger partial charge in [0.2, 0.25) is 0 Å². The number of nitrogens with two attached hydrogens (primary N) is 1. The molecule has 0 radical (unpaired) electrons. The molecule has 5 rings (SSSR count). The topological polar surface area (TPSA) is 73.4 Å². The molecule has 7 heteroatoms. The van der Waals surface area contributed by atoms with Crippen LogP contribution in [0.5, 0.6) is 0 Å². The molecule has 1 aliphatic rings. The Kier molecular flexibility index (Phi) is 7.11. The maximum Gasteiger partial charge on any atom is 0.256 e. The number of methoxy groups -OCH3 is 1. The van der Waals surface area contributed by atoms with Gasteiger partial charge in [-0.05, 0) is 53.6 Å². The number of ether oxygens (including phenoxy) is 1. The van der Waals surface area contributed by atoms with E-state index in [1.54, 1.807) is 19.4 Å². The quantitative estimate of drug-likeness (QED) is 0.400. The van der Waals surface area contributed by atoms with Crippen LogP contribution in [0.4, 0.5) is 4.39 Å². The van der Waals surface area contributed by atoms with Gasteiger partial charge in [0.1, 0.15) is 5.82 Å². The van der Waals surface area contributed by atoms with E-state index in [-0.39, 0.29) is 17.6 Å². The van der Waals surface area contributed by atoms with Crippen molar-refractivity contribution in [2.75, 3.05) is 26.8 Å². The first-order valence-electron chi connectivity index (χ1n) is 12.4. The third-order valence-electron chi connectivity index (χ3n) is 7.16. The number of amides is 1. The highest BCUT2D eigenvalue weighted by atomic mass is 19.1. The molecule has 1 amide bonds. The molecule has 6 nitrogen and oxygen atoms in total. The summed E-state index contributed by atoms with van der Waals surface area (Å²) in [5.74, 6) is -0.115. The first-order chi connectivity index (χ1) is 17.6. The zero-order valence-electron chi connectivity index (χ0n) is 20.5. The van der Waals surface area contributed by atoms with Crippen molar-refractivity contribution in [2.45, 2.75) is 31.8 Å². The van der Waals surface area contributed by atoms with Gasteiger partial charge in [-0.15, -0.1) is 0 Å². The van der Waals surface area contributed by atoms with E-state index < -0.39 is 0 Å². The molecule has 36 heavy (non-hydrogen) atoms. The summed E-state index contributed by atoms with van der Waals surface area (Å²) in [6.07, 6.45) is 6.95. The van der Waals surface area contributed by atoms with Crippen LogP contribution >= 0.6 is 0 Å². The van der Waals surface area contributed by atoms with E-state index in [1.165, 1.54) is 6.07 Å². The van der Waals surface area contributed by atoms with Crippen LogP contribution in [-0.4, -0.2) is 47.2 Å². The SMILES string of the molecule is COCCn1cc(C(=O)N2CCC(c3cc(CN)ccc3F)CC2)c2c(-c3cccnc3)cccc21. The predicted octanol–water partition coefficient (Wildman–Crippen LogP) is 4.97. The molecule has 1 saturated heterocycles. The van der Waals surface area contributed by atoms with Crippen LogP contribution in [0.15, 0.2) is 67.1 Å². The molecular weight excluding hydrogens is 455 g/mol. The lowest BCUT2D eigenvalue weighted by Crippen LogP contribution is -2.38. The third kappa shape index (κ3) is 4.64. The van der Waals surface area contributed by atoms with Crippen LogP contribution in [0.25, 0.3) is 22.0 Å². The summed E-state index contributed by atoms with van der Waals surface area (Å²) in [6.45, 7) is 2.74. The molecule has 2 aromatic carbocycles. The lowest BCUT2D eigenvalue weighted by Gasteiger charge is -2.32. The number of fused-ring (bicyclic) bond motifs is 1. The molecule has 2 aromatic heterocycles. The van der Waals surface area contributed by atoms with Crippen molar-refractivity contribution in [3.63, 3.8) is 0 Å². The van der Waals surface area contributed by atoms with Gasteiger partial charge in [0.05, 0.1) is 12.2 Å². The number of rotatable bonds is 7. The highest BCUT2D eigenvalue weighted by Gasteiger charge is 2.29. The first kappa shape index (κ1) is 24.2. The molecule has 1 aliphatic heterocycles. The number of hydrogen-bond acceptors (Lipinski definition) is 4. The summed E-state index contributed by atoms with van der Waals surface area (Å²) in [4.78, 5) is 20.1. The number of carbonyl (C=O) groups excluding carboxylic acids is 1. The van der Waals surface area contributed by atoms with Gasteiger partial charge in [-0.25, -0.2) is 4.39 Å². The maximum atomic E-state index is 14.6. The molecule has 2 N–H and O–H groups in total. The largest absolute Gasteiger partial charge is 0.383 e. The monoisotopic (exact) mass is 486 g/mol. The Morgan fingerprint density at radius 1 is 1.17 bits per heavy atom. The van der Waals surface area contributed by atoms with Crippen molar-refractivity contribution < 1.29 is 13.9 Å². The van der Waals surface area contributed by atoms with Gasteiger partial charge in [-0.1, -0.05) is 30.3 Å². The number of hydrogen-bond donors (Lipinski definition) is 1. The molecule has 186 valence electrons. The number of piperidine rings is 1. The van der Waals surface area contributed by atoms with Crippen molar-refractivity contribution in [2.24, 2.45) is 5.73 Å². The predicted molar refractivity (Wildman–Crippen MR) is 139 cm³/mol. The van der Waals surface area contributed by atoms with E-state index in [2.05, 4.69) is 9.55 Å². The second kappa shape index (κ2) is 10.6. The van der Waals surface area contributed by atoms with Gasteiger partial charge in [0.15, 0.2) is 0 Å². The Hall–Kier alpha value is -3.55. The molecule has 0 spiro atoms. The average molecular weight is 487 g/mol. The van der Waals surface area contributed by atoms with Gasteiger partial charge < -0.3 is 19.9 Å². The number of halogens is 1. The summed E-state index contributed by atoms with van der Waals surface area (Å²) in [5.41, 5.74) is 11.0. The van der Waals surface area contributed by atoms with Gasteiger partial charge in [-0.2, -0.15) is 0 Å². The molecule has 0 unspecified atom stereocenters. The Morgan fingerprint density at radius 3 is 2.72 bits per heavy atom. The van der Waals surface area contributed by atoms with Crippen molar-refractivity contribution in [3.8, 4) is 11.1 Å². The molecule has 4 aromatic rings. The minimum absolute atomic E-state index is 0.00198. The fourth-order valence-electron chi connectivity index (χ4n) is 5.25. The Balaban J connectivity index is 1.46. The van der Waals surface area contributed by atoms with Gasteiger partial charge in [0.25, 0.3) is 5.91 Å². The van der Waals surface area contributed by atoms with E-state index in [4.69, 9.17) is 10.5 Å². The summed E-state index contributed by atoms with van der Waals surface area (Å²) in [5, 5.41) is 0.926. The molecule has 0 atom stereocenters. The molecule has 3 heterocycles. The van der Waals surface area contributed by atoms with E-state index >= 15 is 0 Å². The molecule has 0 saturated carbocycles. The number of likely N-dealkylation sites (tertiary alicyclic amines) is 1. The molecule has 0 bridgehead atoms. The van der Waals surface area contributed by atoms with Crippen LogP contribution in [0.1, 0.15) is 40.2 Å². The van der Waals surface area contributed by atoms with Crippen molar-refractivity contribution in [1.82, 2.24) is 14.5 Å². The number of aromatic nitrogens is 2. The zero-order chi connectivity index (χ0) is 25.1. The van der Waals surface area contributed by atoms with Crippen LogP contribution in [0.2, 0.25) is 0 Å². The minimum Gasteiger partial charge on any atom is -0.383 e. The first-order valence-corrected chi connectivity index (χ1v) is 12.4. The highest BCUT2D eigenvalue weighted by Crippen LogP contribution is 2.35. The van der Waals surface area contributed by atoms with Gasteiger partial charge in [0, 0.05) is 68.3 Å².